The molecule has 1 aliphatic carbocycles. The SMILES string of the molecule is CC1CCCC(C(=O)c2ccns2)C1. The lowest BCUT2D eigenvalue weighted by molar-refractivity contribution is 0.0872. The van der Waals surface area contributed by atoms with Gasteiger partial charge in [0.05, 0.1) is 4.88 Å². The Morgan fingerprint density at radius 3 is 3.07 bits per heavy atom. The minimum absolute atomic E-state index is 0.263. The highest BCUT2D eigenvalue weighted by molar-refractivity contribution is 7.08. The van der Waals surface area contributed by atoms with Gasteiger partial charge >= 0.3 is 0 Å². The Labute approximate surface area is 88.5 Å². The van der Waals surface area contributed by atoms with Crippen LogP contribution < -0.4 is 0 Å². The van der Waals surface area contributed by atoms with Crippen molar-refractivity contribution < 1.29 is 4.79 Å². The molecule has 76 valence electrons. The van der Waals surface area contributed by atoms with Crippen molar-refractivity contribution in [2.24, 2.45) is 11.8 Å². The average molecular weight is 209 g/mol. The van der Waals surface area contributed by atoms with Crippen molar-refractivity contribution in [1.29, 1.82) is 0 Å². The number of rotatable bonds is 2. The lowest BCUT2D eigenvalue weighted by atomic mass is 9.80. The summed E-state index contributed by atoms with van der Waals surface area (Å²) in [5, 5.41) is 0. The molecule has 2 unspecified atom stereocenters. The van der Waals surface area contributed by atoms with Crippen molar-refractivity contribution in [2.75, 3.05) is 0 Å². The summed E-state index contributed by atoms with van der Waals surface area (Å²) in [5.74, 6) is 1.30. The van der Waals surface area contributed by atoms with Gasteiger partial charge in [-0.15, -0.1) is 0 Å². The first-order chi connectivity index (χ1) is 6.77. The van der Waals surface area contributed by atoms with E-state index >= 15 is 0 Å². The van der Waals surface area contributed by atoms with Gasteiger partial charge in [-0.05, 0) is 36.4 Å². The van der Waals surface area contributed by atoms with Crippen LogP contribution in [0.3, 0.4) is 0 Å². The van der Waals surface area contributed by atoms with E-state index < -0.39 is 0 Å². The smallest absolute Gasteiger partial charge is 0.177 e. The first kappa shape index (κ1) is 9.84. The zero-order valence-electron chi connectivity index (χ0n) is 8.40. The topological polar surface area (TPSA) is 30.0 Å². The summed E-state index contributed by atoms with van der Waals surface area (Å²) in [7, 11) is 0. The number of hydrogen-bond acceptors (Lipinski definition) is 3. The first-order valence-electron chi connectivity index (χ1n) is 5.22. The third-order valence-electron chi connectivity index (χ3n) is 2.99. The quantitative estimate of drug-likeness (QED) is 0.700. The van der Waals surface area contributed by atoms with E-state index in [1.54, 1.807) is 6.20 Å². The Morgan fingerprint density at radius 1 is 1.57 bits per heavy atom. The number of aromatic nitrogens is 1. The average Bonchev–Trinajstić information content (AvgIpc) is 2.69. The largest absolute Gasteiger partial charge is 0.293 e. The van der Waals surface area contributed by atoms with Crippen LogP contribution in [0.1, 0.15) is 42.3 Å². The Kier molecular flexibility index (Phi) is 2.96. The lowest BCUT2D eigenvalue weighted by Crippen LogP contribution is -2.21. The molecule has 0 aliphatic heterocycles. The molecule has 0 aromatic carbocycles. The number of carbonyl (C=O) groups is 1. The zero-order valence-corrected chi connectivity index (χ0v) is 9.22. The Hall–Kier alpha value is -0.700. The molecule has 1 aliphatic rings. The predicted molar refractivity (Wildman–Crippen MR) is 57.6 cm³/mol. The number of ketones is 1. The van der Waals surface area contributed by atoms with Gasteiger partial charge in [0.15, 0.2) is 5.78 Å². The van der Waals surface area contributed by atoms with Gasteiger partial charge in [-0.2, -0.15) is 0 Å². The van der Waals surface area contributed by atoms with Gasteiger partial charge in [-0.25, -0.2) is 4.37 Å². The van der Waals surface area contributed by atoms with E-state index in [2.05, 4.69) is 11.3 Å². The van der Waals surface area contributed by atoms with Gasteiger partial charge in [0.1, 0.15) is 0 Å². The molecule has 2 atom stereocenters. The summed E-state index contributed by atoms with van der Waals surface area (Å²) in [6, 6.07) is 1.84. The third-order valence-corrected chi connectivity index (χ3v) is 3.75. The van der Waals surface area contributed by atoms with Crippen LogP contribution in [0, 0.1) is 11.8 Å². The van der Waals surface area contributed by atoms with Gasteiger partial charge < -0.3 is 0 Å². The van der Waals surface area contributed by atoms with E-state index in [-0.39, 0.29) is 5.92 Å². The maximum atomic E-state index is 12.0. The summed E-state index contributed by atoms with van der Waals surface area (Å²) >= 11 is 1.33. The van der Waals surface area contributed by atoms with Crippen LogP contribution in [0.25, 0.3) is 0 Å². The van der Waals surface area contributed by atoms with Crippen molar-refractivity contribution in [3.63, 3.8) is 0 Å². The minimum atomic E-state index is 0.263. The van der Waals surface area contributed by atoms with Crippen LogP contribution in [-0.4, -0.2) is 10.2 Å². The Bertz CT molecular complexity index is 307. The van der Waals surface area contributed by atoms with Gasteiger partial charge in [0.25, 0.3) is 0 Å². The molecular weight excluding hydrogens is 194 g/mol. The standard InChI is InChI=1S/C11H15NOS/c1-8-3-2-4-9(7-8)11(13)10-5-6-12-14-10/h5-6,8-9H,2-4,7H2,1H3. The molecule has 1 heterocycles. The molecule has 0 amide bonds. The van der Waals surface area contributed by atoms with Crippen LogP contribution in [0.5, 0.6) is 0 Å². The molecule has 0 N–H and O–H groups in total. The van der Waals surface area contributed by atoms with E-state index in [0.717, 1.165) is 17.7 Å². The molecule has 0 bridgehead atoms. The van der Waals surface area contributed by atoms with E-state index in [0.29, 0.717) is 11.7 Å². The Balaban J connectivity index is 2.04. The van der Waals surface area contributed by atoms with Crippen molar-refractivity contribution >= 4 is 17.3 Å². The van der Waals surface area contributed by atoms with Crippen LogP contribution >= 0.6 is 11.5 Å². The molecule has 3 heteroatoms. The second-order valence-corrected chi connectivity index (χ2v) is 5.04. The lowest BCUT2D eigenvalue weighted by Gasteiger charge is -2.24. The highest BCUT2D eigenvalue weighted by atomic mass is 32.1. The molecule has 0 radical (unpaired) electrons. The molecule has 1 saturated carbocycles. The third kappa shape index (κ3) is 2.03. The van der Waals surface area contributed by atoms with Gasteiger partial charge in [0.2, 0.25) is 0 Å². The highest BCUT2D eigenvalue weighted by Gasteiger charge is 2.26. The molecular formula is C11H15NOS. The second kappa shape index (κ2) is 4.22. The predicted octanol–water partition coefficient (Wildman–Crippen LogP) is 3.15. The van der Waals surface area contributed by atoms with E-state index in [1.165, 1.54) is 24.4 Å². The fraction of sp³-hybridized carbons (Fsp3) is 0.636. The fourth-order valence-electron chi connectivity index (χ4n) is 2.22. The van der Waals surface area contributed by atoms with Crippen molar-refractivity contribution in [3.05, 3.63) is 17.1 Å². The fourth-order valence-corrected chi connectivity index (χ4v) is 2.83. The molecule has 1 aromatic rings. The molecule has 2 rings (SSSR count). The van der Waals surface area contributed by atoms with E-state index in [9.17, 15) is 4.79 Å². The molecule has 0 spiro atoms. The van der Waals surface area contributed by atoms with E-state index in [4.69, 9.17) is 0 Å². The van der Waals surface area contributed by atoms with Crippen molar-refractivity contribution in [2.45, 2.75) is 32.6 Å². The molecule has 1 aromatic heterocycles. The van der Waals surface area contributed by atoms with Gasteiger partial charge in [0, 0.05) is 12.1 Å². The maximum absolute atomic E-state index is 12.0. The highest BCUT2D eigenvalue weighted by Crippen LogP contribution is 2.31. The van der Waals surface area contributed by atoms with Crippen LogP contribution in [-0.2, 0) is 0 Å². The number of hydrogen-bond donors (Lipinski definition) is 0. The second-order valence-electron chi connectivity index (χ2n) is 4.21. The number of carbonyl (C=O) groups excluding carboxylic acids is 1. The van der Waals surface area contributed by atoms with Gasteiger partial charge in [-0.1, -0.05) is 19.8 Å². The summed E-state index contributed by atoms with van der Waals surface area (Å²) in [6.45, 7) is 2.24. The maximum Gasteiger partial charge on any atom is 0.177 e. The summed E-state index contributed by atoms with van der Waals surface area (Å²) in [6.07, 6.45) is 6.34. The number of Topliss-reactive ketones (excluding diaryl/α,β-unsaturated/α-hetero) is 1. The minimum Gasteiger partial charge on any atom is -0.293 e. The normalized spacial score (nSPS) is 27.5. The first-order valence-corrected chi connectivity index (χ1v) is 5.99. The number of nitrogens with zero attached hydrogens (tertiary/aromatic N) is 1. The zero-order chi connectivity index (χ0) is 9.97. The van der Waals surface area contributed by atoms with Crippen LogP contribution in [0.2, 0.25) is 0 Å². The summed E-state index contributed by atoms with van der Waals surface area (Å²) in [5.41, 5.74) is 0. The summed E-state index contributed by atoms with van der Waals surface area (Å²) in [4.78, 5) is 12.8. The van der Waals surface area contributed by atoms with Crippen molar-refractivity contribution in [3.8, 4) is 0 Å². The van der Waals surface area contributed by atoms with Gasteiger partial charge in [-0.3, -0.25) is 4.79 Å². The summed E-state index contributed by atoms with van der Waals surface area (Å²) < 4.78 is 3.98. The molecule has 1 fully saturated rings. The van der Waals surface area contributed by atoms with Crippen molar-refractivity contribution in [1.82, 2.24) is 4.37 Å². The molecule has 2 nitrogen and oxygen atoms in total. The van der Waals surface area contributed by atoms with E-state index in [1.807, 2.05) is 6.07 Å². The molecule has 0 saturated heterocycles. The molecule has 14 heavy (non-hydrogen) atoms. The van der Waals surface area contributed by atoms with Crippen LogP contribution in [0.15, 0.2) is 12.3 Å². The monoisotopic (exact) mass is 209 g/mol. The van der Waals surface area contributed by atoms with Crippen LogP contribution in [0.4, 0.5) is 0 Å². The Morgan fingerprint density at radius 2 is 2.43 bits per heavy atom.